The number of anilines is 1. The van der Waals surface area contributed by atoms with Crippen molar-refractivity contribution in [2.75, 3.05) is 18.3 Å². The first kappa shape index (κ1) is 24.9. The number of nitrogens with zero attached hydrogens (tertiary/aromatic N) is 4. The SMILES string of the molecule is N#Cc1nc(NC2CCC(F)(F)CC2)c2ccn([C@@H]3O[C@H](COCP(=O)(O)O)[C@@H](O)[C@H]3O)c2n1. The van der Waals surface area contributed by atoms with Gasteiger partial charge in [0, 0.05) is 25.1 Å². The molecule has 1 saturated heterocycles. The number of hydrogen-bond acceptors (Lipinski definition) is 9. The van der Waals surface area contributed by atoms with Crippen molar-refractivity contribution in [2.24, 2.45) is 0 Å². The first-order chi connectivity index (χ1) is 16.0. The predicted octanol–water partition coefficient (Wildman–Crippen LogP) is 1.06. The maximum Gasteiger partial charge on any atom is 0.350 e. The van der Waals surface area contributed by atoms with Crippen LogP contribution in [0.5, 0.6) is 0 Å². The second-order valence-corrected chi connectivity index (χ2v) is 10.0. The zero-order valence-corrected chi connectivity index (χ0v) is 18.7. The fraction of sp³-hybridized carbons (Fsp3) is 0.632. The number of aliphatic hydroxyl groups is 2. The predicted molar refractivity (Wildman–Crippen MR) is 112 cm³/mol. The molecule has 12 nitrogen and oxygen atoms in total. The molecule has 4 rings (SSSR count). The number of rotatable bonds is 7. The van der Waals surface area contributed by atoms with Gasteiger partial charge in [0.05, 0.1) is 12.0 Å². The van der Waals surface area contributed by atoms with Crippen LogP contribution in [0.2, 0.25) is 0 Å². The molecule has 2 aliphatic rings. The van der Waals surface area contributed by atoms with Gasteiger partial charge in [-0.3, -0.25) is 4.57 Å². The second-order valence-electron chi connectivity index (χ2n) is 8.45. The quantitative estimate of drug-likeness (QED) is 0.341. The van der Waals surface area contributed by atoms with Crippen molar-refractivity contribution < 1.29 is 42.8 Å². The molecule has 34 heavy (non-hydrogen) atoms. The van der Waals surface area contributed by atoms with Gasteiger partial charge in [0.2, 0.25) is 11.7 Å². The van der Waals surface area contributed by atoms with E-state index in [1.54, 1.807) is 6.07 Å². The molecule has 2 fully saturated rings. The molecule has 5 N–H and O–H groups in total. The monoisotopic (exact) mass is 503 g/mol. The number of aliphatic hydroxyl groups excluding tert-OH is 2. The summed E-state index contributed by atoms with van der Waals surface area (Å²) in [5.74, 6) is -2.60. The lowest BCUT2D eigenvalue weighted by Gasteiger charge is -2.29. The van der Waals surface area contributed by atoms with Crippen LogP contribution in [0.1, 0.15) is 37.7 Å². The van der Waals surface area contributed by atoms with Crippen LogP contribution >= 0.6 is 7.60 Å². The Morgan fingerprint density at radius 3 is 2.65 bits per heavy atom. The third-order valence-corrected chi connectivity index (χ3v) is 6.40. The molecule has 0 spiro atoms. The van der Waals surface area contributed by atoms with Crippen molar-refractivity contribution in [2.45, 2.75) is 62.2 Å². The van der Waals surface area contributed by atoms with Gasteiger partial charge in [0.15, 0.2) is 6.23 Å². The fourth-order valence-electron chi connectivity index (χ4n) is 4.16. The van der Waals surface area contributed by atoms with Crippen molar-refractivity contribution >= 4 is 24.4 Å². The van der Waals surface area contributed by atoms with Crippen LogP contribution in [-0.4, -0.2) is 77.8 Å². The molecule has 0 bridgehead atoms. The summed E-state index contributed by atoms with van der Waals surface area (Å²) in [5.41, 5.74) is 0.211. The van der Waals surface area contributed by atoms with Crippen LogP contribution in [0.25, 0.3) is 11.0 Å². The topological polar surface area (TPSA) is 183 Å². The summed E-state index contributed by atoms with van der Waals surface area (Å²) >= 11 is 0. The normalized spacial score (nSPS) is 27.7. The molecule has 4 atom stereocenters. The Balaban J connectivity index is 1.56. The molecule has 0 unspecified atom stereocenters. The van der Waals surface area contributed by atoms with Gasteiger partial charge < -0.3 is 39.4 Å². The molecule has 2 aromatic heterocycles. The lowest BCUT2D eigenvalue weighted by atomic mass is 9.92. The van der Waals surface area contributed by atoms with E-state index < -0.39 is 44.4 Å². The van der Waals surface area contributed by atoms with E-state index in [1.165, 1.54) is 10.8 Å². The zero-order chi connectivity index (χ0) is 24.7. The molecule has 1 aliphatic heterocycles. The molecule has 2 aromatic rings. The van der Waals surface area contributed by atoms with E-state index in [2.05, 4.69) is 15.3 Å². The van der Waals surface area contributed by atoms with E-state index in [0.29, 0.717) is 5.39 Å². The maximum atomic E-state index is 13.5. The van der Waals surface area contributed by atoms with Crippen LogP contribution in [0.3, 0.4) is 0 Å². The molecule has 1 saturated carbocycles. The van der Waals surface area contributed by atoms with E-state index in [1.807, 2.05) is 6.07 Å². The average Bonchev–Trinajstić information content (AvgIpc) is 3.30. The zero-order valence-electron chi connectivity index (χ0n) is 17.8. The summed E-state index contributed by atoms with van der Waals surface area (Å²) in [6, 6.07) is 3.19. The summed E-state index contributed by atoms with van der Waals surface area (Å²) in [6.45, 7) is -0.378. The lowest BCUT2D eigenvalue weighted by Crippen LogP contribution is -2.34. The van der Waals surface area contributed by atoms with E-state index in [0.717, 1.165) is 0 Å². The summed E-state index contributed by atoms with van der Waals surface area (Å²) in [7, 11) is -4.41. The highest BCUT2D eigenvalue weighted by molar-refractivity contribution is 7.51. The van der Waals surface area contributed by atoms with Crippen LogP contribution < -0.4 is 5.32 Å². The van der Waals surface area contributed by atoms with E-state index in [-0.39, 0.29) is 55.6 Å². The minimum atomic E-state index is -4.41. The number of halogens is 2. The van der Waals surface area contributed by atoms with Crippen molar-refractivity contribution in [1.82, 2.24) is 14.5 Å². The van der Waals surface area contributed by atoms with Gasteiger partial charge in [-0.2, -0.15) is 5.26 Å². The van der Waals surface area contributed by atoms with Crippen molar-refractivity contribution in [3.8, 4) is 6.07 Å². The number of aromatic nitrogens is 3. The van der Waals surface area contributed by atoms with Crippen molar-refractivity contribution in [1.29, 1.82) is 5.26 Å². The maximum absolute atomic E-state index is 13.5. The first-order valence-corrected chi connectivity index (χ1v) is 12.3. The Bertz CT molecular complexity index is 1130. The average molecular weight is 503 g/mol. The van der Waals surface area contributed by atoms with Crippen LogP contribution in [0.4, 0.5) is 14.6 Å². The number of nitriles is 1. The van der Waals surface area contributed by atoms with E-state index in [9.17, 15) is 28.8 Å². The summed E-state index contributed by atoms with van der Waals surface area (Å²) in [6.07, 6.45) is -4.47. The molecule has 1 aliphatic carbocycles. The van der Waals surface area contributed by atoms with Gasteiger partial charge in [0.25, 0.3) is 0 Å². The second kappa shape index (κ2) is 9.43. The van der Waals surface area contributed by atoms with Crippen LogP contribution in [-0.2, 0) is 14.0 Å². The van der Waals surface area contributed by atoms with Crippen LogP contribution in [0.15, 0.2) is 12.3 Å². The van der Waals surface area contributed by atoms with Crippen molar-refractivity contribution in [3.05, 3.63) is 18.1 Å². The van der Waals surface area contributed by atoms with Gasteiger partial charge in [-0.15, -0.1) is 0 Å². The molecular formula is C19H24F2N5O7P. The standard InChI is InChI=1S/C19H24F2N5O7P/c20-19(21)4-1-10(2-5-19)23-16-11-3-6-26(17(11)25-13(7-22)24-16)18-15(28)14(27)12(33-18)8-32-9-34(29,30)31/h3,6,10,12,14-15,18,27-28H,1-2,4-5,8-9H2,(H,23,24,25)(H2,29,30,31)/t12-,14-,15-,18-/m1/s1. The molecule has 3 heterocycles. The van der Waals surface area contributed by atoms with E-state index >= 15 is 0 Å². The Morgan fingerprint density at radius 2 is 2.00 bits per heavy atom. The largest absolute Gasteiger partial charge is 0.387 e. The van der Waals surface area contributed by atoms with Gasteiger partial charge >= 0.3 is 7.60 Å². The molecular weight excluding hydrogens is 479 g/mol. The third kappa shape index (κ3) is 5.36. The molecule has 0 aromatic carbocycles. The van der Waals surface area contributed by atoms with Crippen molar-refractivity contribution in [3.63, 3.8) is 0 Å². The summed E-state index contributed by atoms with van der Waals surface area (Å²) < 4.78 is 49.9. The summed E-state index contributed by atoms with van der Waals surface area (Å²) in [5, 5.41) is 33.8. The smallest absolute Gasteiger partial charge is 0.350 e. The van der Waals surface area contributed by atoms with E-state index in [4.69, 9.17) is 19.3 Å². The van der Waals surface area contributed by atoms with Gasteiger partial charge in [0.1, 0.15) is 42.2 Å². The molecule has 0 radical (unpaired) electrons. The fourth-order valence-corrected chi connectivity index (χ4v) is 4.50. The van der Waals surface area contributed by atoms with Gasteiger partial charge in [-0.05, 0) is 18.9 Å². The minimum absolute atomic E-state index is 0.189. The number of hydrogen-bond donors (Lipinski definition) is 5. The number of ether oxygens (including phenoxy) is 2. The first-order valence-electron chi connectivity index (χ1n) is 10.5. The highest BCUT2D eigenvalue weighted by atomic mass is 31.2. The Morgan fingerprint density at radius 1 is 1.29 bits per heavy atom. The number of nitrogens with one attached hydrogen (secondary N) is 1. The Labute approximate surface area is 192 Å². The third-order valence-electron chi connectivity index (χ3n) is 5.88. The Hall–Kier alpha value is -2.24. The molecule has 15 heteroatoms. The van der Waals surface area contributed by atoms with Gasteiger partial charge in [-0.1, -0.05) is 0 Å². The Kier molecular flexibility index (Phi) is 6.90. The number of fused-ring (bicyclic) bond motifs is 1. The molecule has 186 valence electrons. The lowest BCUT2D eigenvalue weighted by molar-refractivity contribution is -0.0610. The van der Waals surface area contributed by atoms with Crippen LogP contribution in [0, 0.1) is 11.3 Å². The van der Waals surface area contributed by atoms with Gasteiger partial charge in [-0.25, -0.2) is 18.7 Å². The highest BCUT2D eigenvalue weighted by Gasteiger charge is 2.44. The number of alkyl halides is 2. The summed E-state index contributed by atoms with van der Waals surface area (Å²) in [4.78, 5) is 26.1. The molecule has 0 amide bonds. The minimum Gasteiger partial charge on any atom is -0.387 e. The highest BCUT2D eigenvalue weighted by Crippen LogP contribution is 2.38.